The van der Waals surface area contributed by atoms with Crippen molar-refractivity contribution < 1.29 is 14.6 Å². The number of benzene rings is 2. The fourth-order valence-corrected chi connectivity index (χ4v) is 3.94. The van der Waals surface area contributed by atoms with E-state index in [1.807, 2.05) is 43.3 Å². The van der Waals surface area contributed by atoms with E-state index in [0.29, 0.717) is 6.61 Å². The van der Waals surface area contributed by atoms with Gasteiger partial charge in [0.15, 0.2) is 5.82 Å². The first-order chi connectivity index (χ1) is 15.0. The maximum atomic E-state index is 11.1. The summed E-state index contributed by atoms with van der Waals surface area (Å²) in [6.07, 6.45) is 2.60. The summed E-state index contributed by atoms with van der Waals surface area (Å²) < 4.78 is 5.89. The van der Waals surface area contributed by atoms with Gasteiger partial charge in [-0.1, -0.05) is 35.9 Å². The smallest absolute Gasteiger partial charge is 0.335 e. The van der Waals surface area contributed by atoms with Gasteiger partial charge in [-0.3, -0.25) is 0 Å². The fourth-order valence-electron chi connectivity index (χ4n) is 3.72. The van der Waals surface area contributed by atoms with Crippen LogP contribution in [-0.2, 0) is 6.42 Å². The van der Waals surface area contributed by atoms with E-state index in [2.05, 4.69) is 21.3 Å². The molecule has 7 heteroatoms. The maximum absolute atomic E-state index is 11.1. The highest BCUT2D eigenvalue weighted by Gasteiger charge is 2.23. The Kier molecular flexibility index (Phi) is 6.28. The highest BCUT2D eigenvalue weighted by Crippen LogP contribution is 2.38. The lowest BCUT2D eigenvalue weighted by molar-refractivity contribution is 0.0697. The number of fused-ring (bicyclic) bond motifs is 1. The van der Waals surface area contributed by atoms with Crippen LogP contribution in [0.1, 0.15) is 34.5 Å². The molecule has 0 amide bonds. The Morgan fingerprint density at radius 1 is 1.26 bits per heavy atom. The summed E-state index contributed by atoms with van der Waals surface area (Å²) in [5.41, 5.74) is 3.38. The van der Waals surface area contributed by atoms with E-state index in [9.17, 15) is 4.79 Å². The number of nitrogens with one attached hydrogen (secondary N) is 1. The van der Waals surface area contributed by atoms with Gasteiger partial charge >= 0.3 is 5.97 Å². The molecule has 2 N–H and O–H groups in total. The van der Waals surface area contributed by atoms with Crippen LogP contribution in [0.3, 0.4) is 0 Å². The molecule has 2 aromatic carbocycles. The average Bonchev–Trinajstić information content (AvgIpc) is 2.78. The topological polar surface area (TPSA) is 74.7 Å². The second kappa shape index (κ2) is 9.27. The molecule has 1 aromatic heterocycles. The van der Waals surface area contributed by atoms with Gasteiger partial charge in [-0.2, -0.15) is 0 Å². The van der Waals surface area contributed by atoms with Crippen LogP contribution < -0.4 is 15.0 Å². The molecule has 0 spiro atoms. The van der Waals surface area contributed by atoms with Crippen molar-refractivity contribution >= 4 is 29.1 Å². The van der Waals surface area contributed by atoms with Crippen LogP contribution >= 0.6 is 11.6 Å². The zero-order valence-electron chi connectivity index (χ0n) is 17.2. The minimum atomic E-state index is -0.932. The molecule has 6 nitrogen and oxygen atoms in total. The lowest BCUT2D eigenvalue weighted by atomic mass is 10.1. The monoisotopic (exact) mass is 437 g/mol. The normalized spacial score (nSPS) is 13.8. The first-order valence-corrected chi connectivity index (χ1v) is 10.6. The fraction of sp³-hybridized carbons (Fsp3) is 0.250. The Bertz CT molecular complexity index is 1070. The minimum absolute atomic E-state index is 0.0569. The number of carbonyl (C=O) groups is 1. The van der Waals surface area contributed by atoms with Gasteiger partial charge in [0.2, 0.25) is 0 Å². The van der Waals surface area contributed by atoms with E-state index >= 15 is 0 Å². The molecule has 0 radical (unpaired) electrons. The van der Waals surface area contributed by atoms with E-state index in [1.165, 1.54) is 5.56 Å². The van der Waals surface area contributed by atoms with E-state index in [-0.39, 0.29) is 11.6 Å². The van der Waals surface area contributed by atoms with Crippen LogP contribution in [0.4, 0.5) is 11.5 Å². The predicted octanol–water partition coefficient (Wildman–Crippen LogP) is 5.05. The maximum Gasteiger partial charge on any atom is 0.335 e. The lowest BCUT2D eigenvalue weighted by Gasteiger charge is -2.33. The molecular formula is C24H24ClN3O3. The molecule has 1 unspecified atom stereocenters. The number of carboxylic acid groups (broad SMARTS) is 1. The third-order valence-electron chi connectivity index (χ3n) is 5.39. The Balaban J connectivity index is 1.53. The molecule has 1 aliphatic rings. The number of carboxylic acids is 1. The van der Waals surface area contributed by atoms with Gasteiger partial charge < -0.3 is 20.1 Å². The number of nitrogens with zero attached hydrogens (tertiary/aromatic N) is 2. The van der Waals surface area contributed by atoms with Crippen LogP contribution in [0.2, 0.25) is 5.02 Å². The molecule has 4 rings (SSSR count). The highest BCUT2D eigenvalue weighted by atomic mass is 35.5. The van der Waals surface area contributed by atoms with Gasteiger partial charge in [-0.25, -0.2) is 9.78 Å². The van der Waals surface area contributed by atoms with Gasteiger partial charge in [-0.05, 0) is 48.7 Å². The standard InChI is InChI=1S/C24H24ClN3O3/c1-16(18-5-7-19(8-6-18)24(29)30)27-23-22-21(9-11-26-23)31-14-13-28(22)12-10-17-3-2-4-20(25)15-17/h2-9,11,15-16H,10,12-14H2,1H3,(H,26,27)(H,29,30). The van der Waals surface area contributed by atoms with Crippen LogP contribution in [0, 0.1) is 0 Å². The van der Waals surface area contributed by atoms with Crippen molar-refractivity contribution in [3.05, 3.63) is 82.5 Å². The molecule has 1 aliphatic heterocycles. The largest absolute Gasteiger partial charge is 0.489 e. The Labute approximate surface area is 186 Å². The van der Waals surface area contributed by atoms with Gasteiger partial charge in [0.25, 0.3) is 0 Å². The van der Waals surface area contributed by atoms with Crippen LogP contribution in [0.15, 0.2) is 60.8 Å². The van der Waals surface area contributed by atoms with Crippen molar-refractivity contribution in [1.29, 1.82) is 0 Å². The van der Waals surface area contributed by atoms with Crippen molar-refractivity contribution in [2.24, 2.45) is 0 Å². The second-order valence-electron chi connectivity index (χ2n) is 7.51. The van der Waals surface area contributed by atoms with Crippen LogP contribution in [-0.4, -0.2) is 35.8 Å². The molecule has 1 atom stereocenters. The Morgan fingerprint density at radius 3 is 2.81 bits per heavy atom. The van der Waals surface area contributed by atoms with E-state index in [0.717, 1.165) is 47.4 Å². The number of halogens is 1. The van der Waals surface area contributed by atoms with Gasteiger partial charge in [0, 0.05) is 23.8 Å². The minimum Gasteiger partial charge on any atom is -0.489 e. The number of aromatic carboxylic acids is 1. The number of anilines is 2. The molecule has 3 aromatic rings. The zero-order chi connectivity index (χ0) is 21.8. The SMILES string of the molecule is CC(Nc1nccc2c1N(CCc1cccc(Cl)c1)CCO2)c1ccc(C(=O)O)cc1. The van der Waals surface area contributed by atoms with E-state index in [1.54, 1.807) is 18.3 Å². The van der Waals surface area contributed by atoms with Crippen molar-refractivity contribution in [3.8, 4) is 5.75 Å². The molecule has 0 saturated carbocycles. The summed E-state index contributed by atoms with van der Waals surface area (Å²) in [6.45, 7) is 4.24. The number of aromatic nitrogens is 1. The molecule has 0 saturated heterocycles. The summed E-state index contributed by atoms with van der Waals surface area (Å²) >= 11 is 6.13. The molecular weight excluding hydrogens is 414 g/mol. The third-order valence-corrected chi connectivity index (χ3v) is 5.63. The molecule has 0 bridgehead atoms. The van der Waals surface area contributed by atoms with Crippen LogP contribution in [0.25, 0.3) is 0 Å². The molecule has 160 valence electrons. The summed E-state index contributed by atoms with van der Waals surface area (Å²) in [4.78, 5) is 18.0. The number of hydrogen-bond donors (Lipinski definition) is 2. The first kappa shape index (κ1) is 21.0. The second-order valence-corrected chi connectivity index (χ2v) is 7.95. The van der Waals surface area contributed by atoms with Gasteiger partial charge in [-0.15, -0.1) is 0 Å². The zero-order valence-corrected chi connectivity index (χ0v) is 18.0. The number of pyridine rings is 1. The lowest BCUT2D eigenvalue weighted by Crippen LogP contribution is -2.35. The summed E-state index contributed by atoms with van der Waals surface area (Å²) in [5.74, 6) is 0.625. The van der Waals surface area contributed by atoms with Crippen molar-refractivity contribution in [1.82, 2.24) is 4.98 Å². The predicted molar refractivity (Wildman–Crippen MR) is 123 cm³/mol. The molecule has 31 heavy (non-hydrogen) atoms. The van der Waals surface area contributed by atoms with Crippen molar-refractivity contribution in [2.45, 2.75) is 19.4 Å². The summed E-state index contributed by atoms with van der Waals surface area (Å²) in [7, 11) is 0. The average molecular weight is 438 g/mol. The molecule has 0 aliphatic carbocycles. The molecule has 2 heterocycles. The van der Waals surface area contributed by atoms with Crippen molar-refractivity contribution in [2.75, 3.05) is 29.9 Å². The summed E-state index contributed by atoms with van der Waals surface area (Å²) in [5, 5.41) is 13.3. The van der Waals surface area contributed by atoms with Gasteiger partial charge in [0.1, 0.15) is 18.0 Å². The third kappa shape index (κ3) is 4.91. The van der Waals surface area contributed by atoms with E-state index < -0.39 is 5.97 Å². The first-order valence-electron chi connectivity index (χ1n) is 10.2. The van der Waals surface area contributed by atoms with E-state index in [4.69, 9.17) is 21.4 Å². The Morgan fingerprint density at radius 2 is 2.06 bits per heavy atom. The van der Waals surface area contributed by atoms with Crippen molar-refractivity contribution in [3.63, 3.8) is 0 Å². The quantitative estimate of drug-likeness (QED) is 0.539. The summed E-state index contributed by atoms with van der Waals surface area (Å²) in [6, 6.07) is 16.6. The number of rotatable bonds is 7. The van der Waals surface area contributed by atoms with Crippen LogP contribution in [0.5, 0.6) is 5.75 Å². The molecule has 0 fully saturated rings. The van der Waals surface area contributed by atoms with Gasteiger partial charge in [0.05, 0.1) is 18.2 Å². The highest BCUT2D eigenvalue weighted by molar-refractivity contribution is 6.30. The number of ether oxygens (including phenoxy) is 1. The Hall–Kier alpha value is -3.25. The number of hydrogen-bond acceptors (Lipinski definition) is 5.